The first kappa shape index (κ1) is 15.1. The van der Waals surface area contributed by atoms with Crippen LogP contribution in [0, 0.1) is 10.1 Å². The molecule has 0 aliphatic rings. The number of aromatic nitrogens is 1. The van der Waals surface area contributed by atoms with Crippen molar-refractivity contribution in [1.29, 1.82) is 0 Å². The molecule has 0 saturated carbocycles. The molecule has 7 heteroatoms. The summed E-state index contributed by atoms with van der Waals surface area (Å²) in [4.78, 5) is 25.0. The second kappa shape index (κ2) is 5.73. The Labute approximate surface area is 135 Å². The fourth-order valence-electron chi connectivity index (χ4n) is 2.49. The van der Waals surface area contributed by atoms with E-state index in [1.54, 1.807) is 24.3 Å². The van der Waals surface area contributed by atoms with Gasteiger partial charge in [0.05, 0.1) is 22.7 Å². The average Bonchev–Trinajstić information content (AvgIpc) is 2.92. The molecule has 0 bridgehead atoms. The van der Waals surface area contributed by atoms with Crippen LogP contribution in [0.1, 0.15) is 10.4 Å². The van der Waals surface area contributed by atoms with Crippen molar-refractivity contribution in [1.82, 2.24) is 4.98 Å². The zero-order valence-corrected chi connectivity index (χ0v) is 12.8. The molecule has 0 aliphatic carbocycles. The molecule has 1 N–H and O–H groups in total. The molecule has 1 aromatic heterocycles. The Morgan fingerprint density at radius 3 is 2.65 bits per heavy atom. The van der Waals surface area contributed by atoms with Crippen molar-refractivity contribution in [3.05, 3.63) is 57.1 Å². The number of nitro groups is 1. The molecule has 0 unspecified atom stereocenters. The summed E-state index contributed by atoms with van der Waals surface area (Å²) < 4.78 is 5.11. The number of methoxy groups -OCH3 is 1. The van der Waals surface area contributed by atoms with Gasteiger partial charge in [-0.1, -0.05) is 11.6 Å². The monoisotopic (exact) mass is 330 g/mol. The molecule has 0 amide bonds. The van der Waals surface area contributed by atoms with Crippen LogP contribution in [0.2, 0.25) is 5.02 Å². The smallest absolute Gasteiger partial charge is 0.270 e. The van der Waals surface area contributed by atoms with Gasteiger partial charge in [0.25, 0.3) is 5.69 Å². The van der Waals surface area contributed by atoms with E-state index in [0.29, 0.717) is 44.8 Å². The molecule has 0 spiro atoms. The third kappa shape index (κ3) is 2.53. The lowest BCUT2D eigenvalue weighted by Gasteiger charge is -2.05. The molecule has 116 valence electrons. The van der Waals surface area contributed by atoms with Gasteiger partial charge in [0, 0.05) is 34.2 Å². The van der Waals surface area contributed by atoms with Crippen molar-refractivity contribution in [3.63, 3.8) is 0 Å². The predicted molar refractivity (Wildman–Crippen MR) is 87.3 cm³/mol. The molecule has 0 atom stereocenters. The van der Waals surface area contributed by atoms with Crippen molar-refractivity contribution in [2.24, 2.45) is 0 Å². The molecule has 1 heterocycles. The van der Waals surface area contributed by atoms with E-state index in [1.165, 1.54) is 19.2 Å². The Bertz CT molecular complexity index is 933. The highest BCUT2D eigenvalue weighted by Crippen LogP contribution is 2.34. The van der Waals surface area contributed by atoms with Gasteiger partial charge in [-0.25, -0.2) is 0 Å². The van der Waals surface area contributed by atoms with Crippen LogP contribution in [0.4, 0.5) is 5.69 Å². The second-order valence-corrected chi connectivity index (χ2v) is 5.28. The number of carbonyl (C=O) groups is 1. The van der Waals surface area contributed by atoms with Gasteiger partial charge in [-0.15, -0.1) is 0 Å². The summed E-state index contributed by atoms with van der Waals surface area (Å²) in [6, 6.07) is 9.47. The summed E-state index contributed by atoms with van der Waals surface area (Å²) >= 11 is 6.12. The second-order valence-electron chi connectivity index (χ2n) is 4.87. The Morgan fingerprint density at radius 1 is 1.26 bits per heavy atom. The van der Waals surface area contributed by atoms with Crippen molar-refractivity contribution < 1.29 is 14.5 Å². The zero-order valence-electron chi connectivity index (χ0n) is 12.0. The molecule has 2 aromatic carbocycles. The maximum absolute atomic E-state index is 11.5. The quantitative estimate of drug-likeness (QED) is 0.441. The summed E-state index contributed by atoms with van der Waals surface area (Å²) in [6.45, 7) is 0. The van der Waals surface area contributed by atoms with Crippen molar-refractivity contribution in [2.75, 3.05) is 7.11 Å². The summed E-state index contributed by atoms with van der Waals surface area (Å²) in [5.41, 5.74) is 2.17. The lowest BCUT2D eigenvalue weighted by molar-refractivity contribution is -0.384. The van der Waals surface area contributed by atoms with Gasteiger partial charge >= 0.3 is 0 Å². The average molecular weight is 331 g/mol. The molecular weight excluding hydrogens is 320 g/mol. The SMILES string of the molecule is COc1ccc(-c2[nH]c3ccc([N+](=O)[O-])cc3c2C=O)cc1Cl. The van der Waals surface area contributed by atoms with Gasteiger partial charge in [-0.2, -0.15) is 0 Å². The number of carbonyl (C=O) groups excluding carboxylic acids is 1. The first-order valence-corrected chi connectivity index (χ1v) is 7.02. The van der Waals surface area contributed by atoms with Gasteiger partial charge < -0.3 is 9.72 Å². The zero-order chi connectivity index (χ0) is 16.6. The number of non-ortho nitro benzene ring substituents is 1. The van der Waals surface area contributed by atoms with E-state index >= 15 is 0 Å². The lowest BCUT2D eigenvalue weighted by atomic mass is 10.1. The van der Waals surface area contributed by atoms with Gasteiger partial charge in [0.15, 0.2) is 6.29 Å². The van der Waals surface area contributed by atoms with Crippen LogP contribution in [0.25, 0.3) is 22.2 Å². The van der Waals surface area contributed by atoms with Crippen LogP contribution in [0.3, 0.4) is 0 Å². The number of nitrogens with zero attached hydrogens (tertiary/aromatic N) is 1. The minimum Gasteiger partial charge on any atom is -0.495 e. The highest BCUT2D eigenvalue weighted by Gasteiger charge is 2.16. The fraction of sp³-hybridized carbons (Fsp3) is 0.0625. The number of nitrogens with one attached hydrogen (secondary N) is 1. The van der Waals surface area contributed by atoms with E-state index in [-0.39, 0.29) is 5.69 Å². The maximum Gasteiger partial charge on any atom is 0.270 e. The molecule has 23 heavy (non-hydrogen) atoms. The topological polar surface area (TPSA) is 85.2 Å². The van der Waals surface area contributed by atoms with Gasteiger partial charge in [0.1, 0.15) is 5.75 Å². The minimum absolute atomic E-state index is 0.0705. The first-order valence-electron chi connectivity index (χ1n) is 6.64. The number of halogens is 1. The van der Waals surface area contributed by atoms with Crippen LogP contribution in [0.5, 0.6) is 5.75 Å². The number of ether oxygens (including phenoxy) is 1. The molecule has 0 radical (unpaired) electrons. The van der Waals surface area contributed by atoms with Crippen LogP contribution >= 0.6 is 11.6 Å². The standard InChI is InChI=1S/C16H11ClN2O4/c1-23-15-5-2-9(6-13(15)17)16-12(8-20)11-7-10(19(21)22)3-4-14(11)18-16/h2-8,18H,1H3. The highest BCUT2D eigenvalue weighted by atomic mass is 35.5. The molecule has 0 saturated heterocycles. The fourth-order valence-corrected chi connectivity index (χ4v) is 2.74. The lowest BCUT2D eigenvalue weighted by Crippen LogP contribution is -1.88. The Hall–Kier alpha value is -2.86. The predicted octanol–water partition coefficient (Wildman–Crippen LogP) is 4.22. The van der Waals surface area contributed by atoms with Crippen molar-refractivity contribution in [3.8, 4) is 17.0 Å². The van der Waals surface area contributed by atoms with Crippen molar-refractivity contribution in [2.45, 2.75) is 0 Å². The van der Waals surface area contributed by atoms with Gasteiger partial charge in [0.2, 0.25) is 0 Å². The number of nitro benzene ring substituents is 1. The normalized spacial score (nSPS) is 10.7. The van der Waals surface area contributed by atoms with E-state index in [2.05, 4.69) is 4.98 Å². The Kier molecular flexibility index (Phi) is 3.75. The summed E-state index contributed by atoms with van der Waals surface area (Å²) in [5.74, 6) is 0.523. The number of hydrogen-bond acceptors (Lipinski definition) is 4. The van der Waals surface area contributed by atoms with E-state index in [4.69, 9.17) is 16.3 Å². The number of H-pyrrole nitrogens is 1. The first-order chi connectivity index (χ1) is 11.0. The number of aromatic amines is 1. The van der Waals surface area contributed by atoms with Crippen LogP contribution in [0.15, 0.2) is 36.4 Å². The Balaban J connectivity index is 2.23. The number of aldehydes is 1. The molecular formula is C16H11ClN2O4. The third-order valence-corrected chi connectivity index (χ3v) is 3.89. The molecule has 0 aliphatic heterocycles. The minimum atomic E-state index is -0.495. The largest absolute Gasteiger partial charge is 0.495 e. The third-order valence-electron chi connectivity index (χ3n) is 3.59. The molecule has 0 fully saturated rings. The van der Waals surface area contributed by atoms with E-state index < -0.39 is 4.92 Å². The van der Waals surface area contributed by atoms with Crippen LogP contribution in [-0.4, -0.2) is 23.3 Å². The molecule has 3 aromatic rings. The Morgan fingerprint density at radius 2 is 2.04 bits per heavy atom. The van der Waals surface area contributed by atoms with E-state index in [1.807, 2.05) is 0 Å². The number of rotatable bonds is 4. The van der Waals surface area contributed by atoms with E-state index in [0.717, 1.165) is 0 Å². The summed E-state index contributed by atoms with van der Waals surface area (Å²) in [6.07, 6.45) is 0.677. The molecule has 6 nitrogen and oxygen atoms in total. The maximum atomic E-state index is 11.5. The van der Waals surface area contributed by atoms with Crippen LogP contribution in [-0.2, 0) is 0 Å². The van der Waals surface area contributed by atoms with Crippen molar-refractivity contribution >= 4 is 34.5 Å². The summed E-state index contributed by atoms with van der Waals surface area (Å²) in [5, 5.41) is 11.8. The summed E-state index contributed by atoms with van der Waals surface area (Å²) in [7, 11) is 1.51. The van der Waals surface area contributed by atoms with Gasteiger partial charge in [-0.05, 0) is 24.3 Å². The number of benzene rings is 2. The van der Waals surface area contributed by atoms with Crippen LogP contribution < -0.4 is 4.74 Å². The van der Waals surface area contributed by atoms with Gasteiger partial charge in [-0.3, -0.25) is 14.9 Å². The number of hydrogen-bond donors (Lipinski definition) is 1. The highest BCUT2D eigenvalue weighted by molar-refractivity contribution is 6.32. The van der Waals surface area contributed by atoms with E-state index in [9.17, 15) is 14.9 Å². The molecule has 3 rings (SSSR count). The number of fused-ring (bicyclic) bond motifs is 1.